The van der Waals surface area contributed by atoms with Crippen LogP contribution >= 0.6 is 0 Å². The number of benzene rings is 7. The predicted octanol–water partition coefficient (Wildman–Crippen LogP) is 11.2. The van der Waals surface area contributed by atoms with Crippen molar-refractivity contribution in [2.24, 2.45) is 0 Å². The lowest BCUT2D eigenvalue weighted by Crippen LogP contribution is -2.04. The van der Waals surface area contributed by atoms with Crippen molar-refractivity contribution in [1.29, 1.82) is 10.5 Å². The summed E-state index contributed by atoms with van der Waals surface area (Å²) >= 11 is 0. The Bertz CT molecular complexity index is 3030. The third-order valence-corrected chi connectivity index (χ3v) is 9.79. The highest BCUT2D eigenvalue weighted by atomic mass is 16.3. The quantitative estimate of drug-likeness (QED) is 0.196. The van der Waals surface area contributed by atoms with Crippen LogP contribution < -0.4 is 0 Å². The zero-order chi connectivity index (χ0) is 32.6. The Kier molecular flexibility index (Phi) is 5.64. The van der Waals surface area contributed by atoms with E-state index < -0.39 is 0 Å². The molecule has 0 saturated carbocycles. The van der Waals surface area contributed by atoms with E-state index in [1.54, 1.807) is 0 Å². The summed E-state index contributed by atoms with van der Waals surface area (Å²) in [5.41, 5.74) is 10.3. The smallest absolute Gasteiger partial charge is 0.136 e. The number of nitriles is 2. The maximum atomic E-state index is 10.6. The second-order valence-electron chi connectivity index (χ2n) is 12.3. The van der Waals surface area contributed by atoms with Gasteiger partial charge in [-0.1, -0.05) is 91.0 Å². The van der Waals surface area contributed by atoms with Crippen molar-refractivity contribution in [1.82, 2.24) is 9.13 Å². The second kappa shape index (κ2) is 10.2. The molecule has 0 unspecified atom stereocenters. The average molecular weight is 625 g/mol. The van der Waals surface area contributed by atoms with E-state index in [1.165, 1.54) is 0 Å². The van der Waals surface area contributed by atoms with Crippen LogP contribution in [0.4, 0.5) is 0 Å². The molecular formula is C44H24N4O. The maximum absolute atomic E-state index is 10.6. The first-order valence-electron chi connectivity index (χ1n) is 16.1. The molecule has 3 heterocycles. The van der Waals surface area contributed by atoms with E-state index in [4.69, 9.17) is 4.42 Å². The maximum Gasteiger partial charge on any atom is 0.136 e. The van der Waals surface area contributed by atoms with Crippen LogP contribution in [-0.4, -0.2) is 9.13 Å². The number of furan rings is 1. The summed E-state index contributed by atoms with van der Waals surface area (Å²) in [7, 11) is 0. The van der Waals surface area contributed by atoms with Crippen molar-refractivity contribution >= 4 is 65.6 Å². The number of para-hydroxylation sites is 5. The van der Waals surface area contributed by atoms with E-state index in [-0.39, 0.29) is 0 Å². The molecule has 0 radical (unpaired) electrons. The van der Waals surface area contributed by atoms with Crippen molar-refractivity contribution in [3.63, 3.8) is 0 Å². The van der Waals surface area contributed by atoms with Crippen LogP contribution in [0.1, 0.15) is 11.1 Å². The van der Waals surface area contributed by atoms with Crippen LogP contribution in [0.25, 0.3) is 88.1 Å². The summed E-state index contributed by atoms with van der Waals surface area (Å²) in [5, 5.41) is 27.3. The van der Waals surface area contributed by atoms with Gasteiger partial charge in [0, 0.05) is 43.4 Å². The highest BCUT2D eigenvalue weighted by Gasteiger charge is 2.23. The fourth-order valence-electron chi connectivity index (χ4n) is 7.72. The standard InChI is InChI=1S/C44H24N4O/c45-25-27-20-21-32(34-15-9-10-28(26-46)44(34)48-38-17-6-1-11-29(38)30-12-2-7-18-39(30)48)40(22-27)47-37-16-5-3-13-31(37)35-24-43-36(23-41(35)47)33-14-4-8-19-42(33)49-43/h1-24H. The Morgan fingerprint density at radius 2 is 1.06 bits per heavy atom. The monoisotopic (exact) mass is 624 g/mol. The molecule has 0 aliphatic heterocycles. The molecule has 3 aromatic heterocycles. The van der Waals surface area contributed by atoms with Crippen LogP contribution in [0.2, 0.25) is 0 Å². The number of hydrogen-bond acceptors (Lipinski definition) is 3. The number of fused-ring (bicyclic) bond motifs is 9. The highest BCUT2D eigenvalue weighted by Crippen LogP contribution is 2.43. The van der Waals surface area contributed by atoms with E-state index in [9.17, 15) is 10.5 Å². The van der Waals surface area contributed by atoms with Gasteiger partial charge in [-0.2, -0.15) is 10.5 Å². The van der Waals surface area contributed by atoms with Crippen LogP contribution in [0.5, 0.6) is 0 Å². The first-order valence-corrected chi connectivity index (χ1v) is 16.1. The Hall–Kier alpha value is -7.08. The van der Waals surface area contributed by atoms with Crippen LogP contribution in [0.15, 0.2) is 150 Å². The van der Waals surface area contributed by atoms with Gasteiger partial charge in [0.15, 0.2) is 0 Å². The number of rotatable bonds is 3. The van der Waals surface area contributed by atoms with Gasteiger partial charge in [0.05, 0.1) is 50.6 Å². The molecule has 0 bridgehead atoms. The molecule has 0 aliphatic carbocycles. The Morgan fingerprint density at radius 3 is 1.76 bits per heavy atom. The van der Waals surface area contributed by atoms with Crippen LogP contribution in [0, 0.1) is 22.7 Å². The molecule has 5 nitrogen and oxygen atoms in total. The third kappa shape index (κ3) is 3.79. The third-order valence-electron chi connectivity index (χ3n) is 9.79. The van der Waals surface area contributed by atoms with Crippen molar-refractivity contribution in [3.05, 3.63) is 157 Å². The first-order chi connectivity index (χ1) is 24.2. The molecular weight excluding hydrogens is 601 g/mol. The van der Waals surface area contributed by atoms with E-state index in [2.05, 4.69) is 100 Å². The summed E-state index contributed by atoms with van der Waals surface area (Å²) in [6.07, 6.45) is 0. The van der Waals surface area contributed by atoms with Crippen LogP contribution in [-0.2, 0) is 0 Å². The van der Waals surface area contributed by atoms with Gasteiger partial charge in [-0.25, -0.2) is 0 Å². The van der Waals surface area contributed by atoms with E-state index in [0.29, 0.717) is 11.1 Å². The largest absolute Gasteiger partial charge is 0.456 e. The SMILES string of the molecule is N#Cc1ccc(-c2cccc(C#N)c2-n2c3ccccc3c3ccccc32)c(-n2c3ccccc3c3cc4oc5ccccc5c4cc32)c1. The second-order valence-corrected chi connectivity index (χ2v) is 12.3. The van der Waals surface area contributed by atoms with Gasteiger partial charge in [0.25, 0.3) is 0 Å². The van der Waals surface area contributed by atoms with Gasteiger partial charge >= 0.3 is 0 Å². The fourth-order valence-corrected chi connectivity index (χ4v) is 7.72. The fraction of sp³-hybridized carbons (Fsp3) is 0. The predicted molar refractivity (Wildman–Crippen MR) is 197 cm³/mol. The summed E-state index contributed by atoms with van der Waals surface area (Å²) in [5.74, 6) is 0. The van der Waals surface area contributed by atoms with Gasteiger partial charge in [0.2, 0.25) is 0 Å². The molecule has 5 heteroatoms. The highest BCUT2D eigenvalue weighted by molar-refractivity contribution is 6.17. The van der Waals surface area contributed by atoms with E-state index in [1.807, 2.05) is 66.7 Å². The van der Waals surface area contributed by atoms with Gasteiger partial charge in [0.1, 0.15) is 17.2 Å². The number of nitrogens with zero attached hydrogens (tertiary/aromatic N) is 4. The molecule has 0 atom stereocenters. The lowest BCUT2D eigenvalue weighted by Gasteiger charge is -2.19. The molecule has 49 heavy (non-hydrogen) atoms. The molecule has 7 aromatic carbocycles. The molecule has 10 aromatic rings. The van der Waals surface area contributed by atoms with Gasteiger partial charge in [-0.3, -0.25) is 0 Å². The normalized spacial score (nSPS) is 11.6. The summed E-state index contributed by atoms with van der Waals surface area (Å²) in [6.45, 7) is 0. The summed E-state index contributed by atoms with van der Waals surface area (Å²) in [6, 6.07) is 54.1. The van der Waals surface area contributed by atoms with Crippen LogP contribution in [0.3, 0.4) is 0 Å². The topological polar surface area (TPSA) is 70.6 Å². The number of hydrogen-bond donors (Lipinski definition) is 0. The van der Waals surface area contributed by atoms with Crippen molar-refractivity contribution in [3.8, 4) is 34.6 Å². The Morgan fingerprint density at radius 1 is 0.429 bits per heavy atom. The summed E-state index contributed by atoms with van der Waals surface area (Å²) < 4.78 is 10.8. The number of aromatic nitrogens is 2. The Balaban J connectivity index is 1.35. The minimum absolute atomic E-state index is 0.550. The minimum Gasteiger partial charge on any atom is -0.456 e. The van der Waals surface area contributed by atoms with Crippen molar-refractivity contribution < 1.29 is 4.42 Å². The molecule has 0 amide bonds. The van der Waals surface area contributed by atoms with E-state index in [0.717, 1.165) is 88.1 Å². The van der Waals surface area contributed by atoms with Crippen molar-refractivity contribution in [2.75, 3.05) is 0 Å². The zero-order valence-corrected chi connectivity index (χ0v) is 26.1. The van der Waals surface area contributed by atoms with Gasteiger partial charge in [-0.15, -0.1) is 0 Å². The molecule has 0 N–H and O–H groups in total. The molecule has 0 aliphatic rings. The summed E-state index contributed by atoms with van der Waals surface area (Å²) in [4.78, 5) is 0. The molecule has 0 fully saturated rings. The average Bonchev–Trinajstić information content (AvgIpc) is 3.80. The van der Waals surface area contributed by atoms with Gasteiger partial charge < -0.3 is 13.6 Å². The zero-order valence-electron chi connectivity index (χ0n) is 26.1. The minimum atomic E-state index is 0.550. The van der Waals surface area contributed by atoms with E-state index >= 15 is 0 Å². The van der Waals surface area contributed by atoms with Gasteiger partial charge in [-0.05, 0) is 54.6 Å². The van der Waals surface area contributed by atoms with Crippen molar-refractivity contribution in [2.45, 2.75) is 0 Å². The molecule has 226 valence electrons. The molecule has 0 spiro atoms. The lowest BCUT2D eigenvalue weighted by molar-refractivity contribution is 0.669. The first kappa shape index (κ1) is 27.1. The lowest BCUT2D eigenvalue weighted by atomic mass is 9.96. The molecule has 10 rings (SSSR count). The molecule has 0 saturated heterocycles. The Labute approximate surface area is 280 Å².